The second kappa shape index (κ2) is 8.09. The first-order chi connectivity index (χ1) is 13.2. The minimum Gasteiger partial charge on any atom is -0.484 e. The van der Waals surface area contributed by atoms with Gasteiger partial charge in [-0.05, 0) is 54.7 Å². The van der Waals surface area contributed by atoms with Crippen LogP contribution in [0, 0.1) is 5.82 Å². The minimum atomic E-state index is -0.191. The monoisotopic (exact) mass is 368 g/mol. The fourth-order valence-corrected chi connectivity index (χ4v) is 3.82. The fraction of sp³-hybridized carbons (Fsp3) is 0.409. The number of carbonyl (C=O) groups is 1. The van der Waals surface area contributed by atoms with Crippen LogP contribution < -0.4 is 4.74 Å². The largest absolute Gasteiger partial charge is 0.484 e. The van der Waals surface area contributed by atoms with Crippen molar-refractivity contribution in [2.24, 2.45) is 0 Å². The zero-order valence-corrected chi connectivity index (χ0v) is 15.4. The highest BCUT2D eigenvalue weighted by Gasteiger charge is 2.29. The second-order valence-corrected chi connectivity index (χ2v) is 7.35. The maximum Gasteiger partial charge on any atom is 0.260 e. The lowest BCUT2D eigenvalue weighted by atomic mass is 9.94. The van der Waals surface area contributed by atoms with Gasteiger partial charge in [0, 0.05) is 32.2 Å². The molecule has 0 N–H and O–H groups in total. The molecule has 142 valence electrons. The van der Waals surface area contributed by atoms with Crippen LogP contribution in [-0.4, -0.2) is 41.9 Å². The normalized spacial score (nSPS) is 19.7. The Bertz CT molecular complexity index is 770. The lowest BCUT2D eigenvalue weighted by molar-refractivity contribution is -0.132. The lowest BCUT2D eigenvalue weighted by Gasteiger charge is -2.41. The summed E-state index contributed by atoms with van der Waals surface area (Å²) in [7, 11) is 0. The van der Waals surface area contributed by atoms with Crippen molar-refractivity contribution in [3.05, 3.63) is 65.5 Å². The van der Waals surface area contributed by atoms with Gasteiger partial charge in [0.2, 0.25) is 0 Å². The lowest BCUT2D eigenvalue weighted by Crippen LogP contribution is -2.40. The number of benzene rings is 2. The molecule has 27 heavy (non-hydrogen) atoms. The van der Waals surface area contributed by atoms with E-state index in [-0.39, 0.29) is 18.3 Å². The molecule has 0 saturated carbocycles. The highest BCUT2D eigenvalue weighted by atomic mass is 19.1. The predicted molar refractivity (Wildman–Crippen MR) is 102 cm³/mol. The van der Waals surface area contributed by atoms with Gasteiger partial charge < -0.3 is 9.64 Å². The summed E-state index contributed by atoms with van der Waals surface area (Å²) < 4.78 is 18.7. The summed E-state index contributed by atoms with van der Waals surface area (Å²) in [6.45, 7) is 3.72. The van der Waals surface area contributed by atoms with Crippen molar-refractivity contribution in [1.29, 1.82) is 0 Å². The van der Waals surface area contributed by atoms with Crippen LogP contribution in [0.2, 0.25) is 0 Å². The third-order valence-electron chi connectivity index (χ3n) is 5.52. The van der Waals surface area contributed by atoms with E-state index in [0.29, 0.717) is 6.04 Å². The van der Waals surface area contributed by atoms with Crippen molar-refractivity contribution in [3.63, 3.8) is 0 Å². The number of nitrogens with zero attached hydrogens (tertiary/aromatic N) is 2. The van der Waals surface area contributed by atoms with E-state index in [4.69, 9.17) is 4.74 Å². The van der Waals surface area contributed by atoms with Crippen molar-refractivity contribution in [1.82, 2.24) is 9.80 Å². The third kappa shape index (κ3) is 4.30. The van der Waals surface area contributed by atoms with Gasteiger partial charge in [-0.3, -0.25) is 9.69 Å². The van der Waals surface area contributed by atoms with Crippen LogP contribution in [0.3, 0.4) is 0 Å². The number of rotatable bonds is 6. The number of hydrogen-bond donors (Lipinski definition) is 0. The van der Waals surface area contributed by atoms with Gasteiger partial charge >= 0.3 is 0 Å². The summed E-state index contributed by atoms with van der Waals surface area (Å²) in [5.41, 5.74) is 2.38. The summed E-state index contributed by atoms with van der Waals surface area (Å²) in [6, 6.07) is 15.1. The number of likely N-dealkylation sites (tertiary alicyclic amines) is 2. The van der Waals surface area contributed by atoms with E-state index in [1.165, 1.54) is 23.3 Å². The maximum atomic E-state index is 13.1. The van der Waals surface area contributed by atoms with E-state index in [2.05, 4.69) is 17.0 Å². The second-order valence-electron chi connectivity index (χ2n) is 7.35. The van der Waals surface area contributed by atoms with E-state index in [1.807, 2.05) is 29.2 Å². The maximum absolute atomic E-state index is 13.1. The van der Waals surface area contributed by atoms with E-state index in [9.17, 15) is 9.18 Å². The quantitative estimate of drug-likeness (QED) is 0.778. The molecule has 2 aliphatic heterocycles. The molecule has 0 aromatic heterocycles. The molecule has 2 saturated heterocycles. The van der Waals surface area contributed by atoms with Crippen LogP contribution >= 0.6 is 0 Å². The van der Waals surface area contributed by atoms with Crippen molar-refractivity contribution in [2.45, 2.75) is 31.8 Å². The van der Waals surface area contributed by atoms with E-state index >= 15 is 0 Å². The number of hydrogen-bond acceptors (Lipinski definition) is 3. The average Bonchev–Trinajstić information content (AvgIpc) is 3.21. The van der Waals surface area contributed by atoms with Gasteiger partial charge in [-0.25, -0.2) is 4.39 Å². The molecule has 4 rings (SSSR count). The fourth-order valence-electron chi connectivity index (χ4n) is 3.82. The Kier molecular flexibility index (Phi) is 5.39. The summed E-state index contributed by atoms with van der Waals surface area (Å²) in [5, 5.41) is 0. The predicted octanol–water partition coefficient (Wildman–Crippen LogP) is 3.77. The van der Waals surface area contributed by atoms with Crippen molar-refractivity contribution in [2.75, 3.05) is 26.2 Å². The zero-order chi connectivity index (χ0) is 18.6. The first-order valence-corrected chi connectivity index (χ1v) is 9.68. The Labute approximate surface area is 159 Å². The minimum absolute atomic E-state index is 0.0688. The first-order valence-electron chi connectivity index (χ1n) is 9.68. The topological polar surface area (TPSA) is 32.8 Å². The molecule has 5 heteroatoms. The highest BCUT2D eigenvalue weighted by Crippen LogP contribution is 2.34. The molecular weight excluding hydrogens is 343 g/mol. The summed E-state index contributed by atoms with van der Waals surface area (Å²) >= 11 is 0. The van der Waals surface area contributed by atoms with Gasteiger partial charge in [0.15, 0.2) is 6.61 Å². The number of amides is 1. The smallest absolute Gasteiger partial charge is 0.260 e. The SMILES string of the molecule is O=C(COc1ccc(CN2CC[C@@H]2c2ccc(F)cc2)cc1)N1CCCC1. The van der Waals surface area contributed by atoms with Crippen LogP contribution in [0.25, 0.3) is 0 Å². The zero-order valence-electron chi connectivity index (χ0n) is 15.4. The molecule has 0 radical (unpaired) electrons. The highest BCUT2D eigenvalue weighted by molar-refractivity contribution is 5.78. The molecule has 2 heterocycles. The van der Waals surface area contributed by atoms with Crippen LogP contribution in [0.15, 0.2) is 48.5 Å². The summed E-state index contributed by atoms with van der Waals surface area (Å²) in [4.78, 5) is 16.3. The molecule has 0 unspecified atom stereocenters. The standard InChI is InChI=1S/C22H25FN2O2/c23-19-7-5-18(6-8-19)21-11-14-25(21)15-17-3-9-20(10-4-17)27-16-22(26)24-12-1-2-13-24/h3-10,21H,1-2,11-16H2/t21-/m1/s1. The summed E-state index contributed by atoms with van der Waals surface area (Å²) in [5.74, 6) is 0.604. The van der Waals surface area contributed by atoms with Gasteiger partial charge in [-0.1, -0.05) is 24.3 Å². The molecule has 2 aromatic rings. The van der Waals surface area contributed by atoms with Crippen molar-refractivity contribution < 1.29 is 13.9 Å². The molecule has 2 aliphatic rings. The molecule has 0 spiro atoms. The third-order valence-corrected chi connectivity index (χ3v) is 5.52. The van der Waals surface area contributed by atoms with E-state index in [0.717, 1.165) is 51.2 Å². The Hall–Kier alpha value is -2.40. The summed E-state index contributed by atoms with van der Waals surface area (Å²) in [6.07, 6.45) is 3.29. The van der Waals surface area contributed by atoms with Gasteiger partial charge in [-0.2, -0.15) is 0 Å². The van der Waals surface area contributed by atoms with Crippen LogP contribution in [-0.2, 0) is 11.3 Å². The van der Waals surface area contributed by atoms with Crippen LogP contribution in [0.1, 0.15) is 36.4 Å². The molecule has 1 amide bonds. The van der Waals surface area contributed by atoms with E-state index < -0.39 is 0 Å². The number of ether oxygens (including phenoxy) is 1. The van der Waals surface area contributed by atoms with Crippen molar-refractivity contribution in [3.8, 4) is 5.75 Å². The van der Waals surface area contributed by atoms with Crippen LogP contribution in [0.5, 0.6) is 5.75 Å². The molecular formula is C22H25FN2O2. The molecule has 0 aliphatic carbocycles. The molecule has 0 bridgehead atoms. The van der Waals surface area contributed by atoms with Gasteiger partial charge in [0.1, 0.15) is 11.6 Å². The average molecular weight is 368 g/mol. The Morgan fingerprint density at radius 1 is 1.00 bits per heavy atom. The van der Waals surface area contributed by atoms with Gasteiger partial charge in [0.05, 0.1) is 0 Å². The Balaban J connectivity index is 1.29. The molecule has 2 aromatic carbocycles. The first kappa shape index (κ1) is 18.0. The Morgan fingerprint density at radius 2 is 1.70 bits per heavy atom. The van der Waals surface area contributed by atoms with Crippen LogP contribution in [0.4, 0.5) is 4.39 Å². The van der Waals surface area contributed by atoms with Crippen molar-refractivity contribution >= 4 is 5.91 Å². The number of halogens is 1. The number of carbonyl (C=O) groups excluding carboxylic acids is 1. The molecule has 2 fully saturated rings. The molecule has 1 atom stereocenters. The van der Waals surface area contributed by atoms with Gasteiger partial charge in [-0.15, -0.1) is 0 Å². The van der Waals surface area contributed by atoms with Gasteiger partial charge in [0.25, 0.3) is 5.91 Å². The Morgan fingerprint density at radius 3 is 2.33 bits per heavy atom. The molecule has 4 nitrogen and oxygen atoms in total. The van der Waals surface area contributed by atoms with E-state index in [1.54, 1.807) is 0 Å².